The Morgan fingerprint density at radius 3 is 1.67 bits per heavy atom. The highest BCUT2D eigenvalue weighted by Gasteiger charge is 2.23. The van der Waals surface area contributed by atoms with Gasteiger partial charge in [0.05, 0.1) is 0 Å². The van der Waals surface area contributed by atoms with Gasteiger partial charge in [-0.3, -0.25) is 4.79 Å². The molecule has 0 bridgehead atoms. The first kappa shape index (κ1) is 8.39. The van der Waals surface area contributed by atoms with Crippen molar-refractivity contribution in [2.24, 2.45) is 17.1 Å². The van der Waals surface area contributed by atoms with Gasteiger partial charge >= 0.3 is 0 Å². The summed E-state index contributed by atoms with van der Waals surface area (Å²) in [4.78, 5) is 10.8. The SMILES string of the molecule is CC(C)(C)C(=O)N(N)N. The Balaban J connectivity index is 4.06. The van der Waals surface area contributed by atoms with E-state index in [0.717, 1.165) is 0 Å². The zero-order valence-corrected chi connectivity index (χ0v) is 6.01. The third-order valence-electron chi connectivity index (χ3n) is 0.876. The molecule has 0 spiro atoms. The van der Waals surface area contributed by atoms with E-state index in [4.69, 9.17) is 11.7 Å². The molecule has 0 atom stereocenters. The van der Waals surface area contributed by atoms with Gasteiger partial charge in [-0.2, -0.15) is 0 Å². The minimum atomic E-state index is -0.483. The summed E-state index contributed by atoms with van der Waals surface area (Å²) in [5, 5.41) is 0.611. The normalized spacial score (nSPS) is 11.2. The molecule has 0 saturated heterocycles. The molecule has 0 unspecified atom stereocenters. The summed E-state index contributed by atoms with van der Waals surface area (Å²) in [5.74, 6) is 9.69. The van der Waals surface area contributed by atoms with E-state index >= 15 is 0 Å². The molecule has 0 saturated carbocycles. The molecule has 1 amide bonds. The first-order valence-corrected chi connectivity index (χ1v) is 2.69. The van der Waals surface area contributed by atoms with Crippen LogP contribution in [0.15, 0.2) is 0 Å². The lowest BCUT2D eigenvalue weighted by molar-refractivity contribution is -0.140. The second-order valence-corrected chi connectivity index (χ2v) is 2.96. The Morgan fingerprint density at radius 1 is 1.33 bits per heavy atom. The molecular weight excluding hydrogens is 118 g/mol. The van der Waals surface area contributed by atoms with Crippen LogP contribution in [0.1, 0.15) is 20.8 Å². The molecular formula is C5H13N3O. The van der Waals surface area contributed by atoms with Crippen molar-refractivity contribution in [3.05, 3.63) is 0 Å². The third kappa shape index (κ3) is 2.43. The van der Waals surface area contributed by atoms with Crippen molar-refractivity contribution < 1.29 is 4.79 Å². The summed E-state index contributed by atoms with van der Waals surface area (Å²) in [5.41, 5.74) is -0.483. The lowest BCUT2D eigenvalue weighted by atomic mass is 9.96. The maximum absolute atomic E-state index is 10.8. The average molecular weight is 131 g/mol. The summed E-state index contributed by atoms with van der Waals surface area (Å²) < 4.78 is 0. The fraction of sp³-hybridized carbons (Fsp3) is 0.800. The highest BCUT2D eigenvalue weighted by atomic mass is 16.2. The first-order chi connectivity index (χ1) is 3.85. The minimum absolute atomic E-state index is 0.275. The van der Waals surface area contributed by atoms with Crippen molar-refractivity contribution in [1.29, 1.82) is 0 Å². The Morgan fingerprint density at radius 2 is 1.67 bits per heavy atom. The van der Waals surface area contributed by atoms with E-state index in [9.17, 15) is 4.79 Å². The lowest BCUT2D eigenvalue weighted by Crippen LogP contribution is -2.48. The average Bonchev–Trinajstić information content (AvgIpc) is 1.62. The molecule has 0 rings (SSSR count). The van der Waals surface area contributed by atoms with Crippen molar-refractivity contribution in [2.45, 2.75) is 20.8 Å². The molecule has 0 radical (unpaired) electrons. The van der Waals surface area contributed by atoms with Crippen LogP contribution in [0.2, 0.25) is 0 Å². The van der Waals surface area contributed by atoms with Crippen LogP contribution in [0, 0.1) is 5.41 Å². The largest absolute Gasteiger partial charge is 0.271 e. The molecule has 54 valence electrons. The van der Waals surface area contributed by atoms with Crippen molar-refractivity contribution >= 4 is 5.91 Å². The van der Waals surface area contributed by atoms with Gasteiger partial charge in [-0.1, -0.05) is 20.8 Å². The molecule has 0 aromatic rings. The number of nitrogens with two attached hydrogens (primary N) is 2. The second kappa shape index (κ2) is 2.33. The fourth-order valence-electron chi connectivity index (χ4n) is 0.387. The summed E-state index contributed by atoms with van der Waals surface area (Å²) in [6.45, 7) is 5.26. The van der Waals surface area contributed by atoms with Gasteiger partial charge in [0, 0.05) is 5.41 Å². The maximum Gasteiger partial charge on any atom is 0.256 e. The van der Waals surface area contributed by atoms with Crippen LogP contribution in [-0.2, 0) is 4.79 Å². The summed E-state index contributed by atoms with van der Waals surface area (Å²) >= 11 is 0. The van der Waals surface area contributed by atoms with Crippen LogP contribution in [0.5, 0.6) is 0 Å². The molecule has 0 aromatic carbocycles. The van der Waals surface area contributed by atoms with Gasteiger partial charge in [-0.25, -0.2) is 16.8 Å². The molecule has 9 heavy (non-hydrogen) atoms. The van der Waals surface area contributed by atoms with Gasteiger partial charge < -0.3 is 0 Å². The van der Waals surface area contributed by atoms with E-state index in [1.807, 2.05) is 0 Å². The highest BCUT2D eigenvalue weighted by molar-refractivity contribution is 5.80. The van der Waals surface area contributed by atoms with Gasteiger partial charge in [0.15, 0.2) is 0 Å². The zero-order valence-electron chi connectivity index (χ0n) is 6.01. The Hall–Kier alpha value is -0.610. The first-order valence-electron chi connectivity index (χ1n) is 2.69. The topological polar surface area (TPSA) is 72.3 Å². The Labute approximate surface area is 54.7 Å². The van der Waals surface area contributed by atoms with Gasteiger partial charge in [0.1, 0.15) is 0 Å². The predicted molar refractivity (Wildman–Crippen MR) is 34.7 cm³/mol. The van der Waals surface area contributed by atoms with Crippen molar-refractivity contribution in [3.8, 4) is 0 Å². The Kier molecular flexibility index (Phi) is 2.17. The van der Waals surface area contributed by atoms with E-state index in [-0.39, 0.29) is 5.91 Å². The molecule has 0 aliphatic carbocycles. The van der Waals surface area contributed by atoms with Crippen LogP contribution >= 0.6 is 0 Å². The van der Waals surface area contributed by atoms with E-state index in [0.29, 0.717) is 5.12 Å². The molecule has 4 nitrogen and oxygen atoms in total. The van der Waals surface area contributed by atoms with Gasteiger partial charge in [0.25, 0.3) is 5.91 Å². The lowest BCUT2D eigenvalue weighted by Gasteiger charge is -2.20. The van der Waals surface area contributed by atoms with Crippen molar-refractivity contribution in [3.63, 3.8) is 0 Å². The second-order valence-electron chi connectivity index (χ2n) is 2.96. The molecule has 4 heteroatoms. The number of amides is 1. The van der Waals surface area contributed by atoms with Gasteiger partial charge in [-0.05, 0) is 0 Å². The minimum Gasteiger partial charge on any atom is -0.271 e. The van der Waals surface area contributed by atoms with Crippen molar-refractivity contribution in [2.75, 3.05) is 0 Å². The Bertz CT molecular complexity index is 114. The van der Waals surface area contributed by atoms with Crippen LogP contribution in [0.3, 0.4) is 0 Å². The molecule has 0 heterocycles. The molecule has 0 aliphatic rings. The molecule has 4 N–H and O–H groups in total. The summed E-state index contributed by atoms with van der Waals surface area (Å²) in [7, 11) is 0. The van der Waals surface area contributed by atoms with Gasteiger partial charge in [0.2, 0.25) is 0 Å². The van der Waals surface area contributed by atoms with E-state index < -0.39 is 5.41 Å². The standard InChI is InChI=1S/C5H13N3O/c1-5(2,3)4(9)8(6)7/h6-7H2,1-3H3. The monoisotopic (exact) mass is 131 g/mol. The molecule has 0 aromatic heterocycles. The third-order valence-corrected chi connectivity index (χ3v) is 0.876. The maximum atomic E-state index is 10.8. The number of carbonyl (C=O) groups excluding carboxylic acids is 1. The van der Waals surface area contributed by atoms with Crippen LogP contribution in [-0.4, -0.2) is 11.0 Å². The summed E-state index contributed by atoms with van der Waals surface area (Å²) in [6, 6.07) is 0. The van der Waals surface area contributed by atoms with Crippen LogP contribution < -0.4 is 11.7 Å². The van der Waals surface area contributed by atoms with Crippen LogP contribution in [0.25, 0.3) is 0 Å². The number of rotatable bonds is 0. The highest BCUT2D eigenvalue weighted by Crippen LogP contribution is 2.13. The molecule has 0 aliphatic heterocycles. The quantitative estimate of drug-likeness (QED) is 0.267. The van der Waals surface area contributed by atoms with Crippen molar-refractivity contribution in [1.82, 2.24) is 5.12 Å². The predicted octanol–water partition coefficient (Wildman–Crippen LogP) is -0.391. The number of hydrogen-bond acceptors (Lipinski definition) is 3. The number of nitrogens with zero attached hydrogens (tertiary/aromatic N) is 1. The smallest absolute Gasteiger partial charge is 0.256 e. The zero-order chi connectivity index (χ0) is 7.65. The number of hydrogen-bond donors (Lipinski definition) is 2. The number of hydrazine groups is 2. The fourth-order valence-corrected chi connectivity index (χ4v) is 0.387. The van der Waals surface area contributed by atoms with Crippen LogP contribution in [0.4, 0.5) is 0 Å². The van der Waals surface area contributed by atoms with E-state index in [1.165, 1.54) is 0 Å². The number of carbonyl (C=O) groups is 1. The molecule has 0 fully saturated rings. The van der Waals surface area contributed by atoms with E-state index in [2.05, 4.69) is 0 Å². The summed E-state index contributed by atoms with van der Waals surface area (Å²) in [6.07, 6.45) is 0. The van der Waals surface area contributed by atoms with Gasteiger partial charge in [-0.15, -0.1) is 0 Å². The van der Waals surface area contributed by atoms with E-state index in [1.54, 1.807) is 20.8 Å².